The molecular formula is C10H13NO. The molecule has 0 saturated heterocycles. The van der Waals surface area contributed by atoms with Gasteiger partial charge in [-0.05, 0) is 18.1 Å². The second kappa shape index (κ2) is 2.79. The van der Waals surface area contributed by atoms with Crippen LogP contribution in [-0.2, 0) is 6.42 Å². The Hall–Kier alpha value is -1.02. The Bertz CT molecular complexity index is 296. The number of para-hydroxylation sites is 1. The Labute approximate surface area is 72.2 Å². The number of β-amino-alcohol motifs (C(OH)–C–C–N with tert-alkyl or cyclic N) is 1. The normalized spacial score (nSPS) is 21.3. The van der Waals surface area contributed by atoms with E-state index in [1.165, 1.54) is 16.8 Å². The lowest BCUT2D eigenvalue weighted by molar-refractivity contribution is 0.184. The first-order valence-corrected chi connectivity index (χ1v) is 4.28. The predicted octanol–water partition coefficient (Wildman–Crippen LogP) is 1.32. The van der Waals surface area contributed by atoms with Crippen LogP contribution in [0.5, 0.6) is 0 Å². The minimum Gasteiger partial charge on any atom is -0.391 e. The van der Waals surface area contributed by atoms with E-state index in [1.807, 2.05) is 6.07 Å². The molecule has 1 heterocycles. The molecule has 1 aliphatic rings. The maximum absolute atomic E-state index is 9.38. The van der Waals surface area contributed by atoms with Crippen LogP contribution in [0.2, 0.25) is 0 Å². The average molecular weight is 163 g/mol. The van der Waals surface area contributed by atoms with Crippen molar-refractivity contribution in [2.45, 2.75) is 19.4 Å². The van der Waals surface area contributed by atoms with Crippen molar-refractivity contribution >= 4 is 5.69 Å². The highest BCUT2D eigenvalue weighted by Gasteiger charge is 2.16. The molecule has 0 saturated carbocycles. The summed E-state index contributed by atoms with van der Waals surface area (Å²) < 4.78 is 0. The van der Waals surface area contributed by atoms with Gasteiger partial charge < -0.3 is 10.4 Å². The van der Waals surface area contributed by atoms with Crippen molar-refractivity contribution in [3.63, 3.8) is 0 Å². The second-order valence-corrected chi connectivity index (χ2v) is 3.35. The van der Waals surface area contributed by atoms with Crippen molar-refractivity contribution in [3.8, 4) is 0 Å². The van der Waals surface area contributed by atoms with Crippen molar-refractivity contribution in [3.05, 3.63) is 29.3 Å². The van der Waals surface area contributed by atoms with Gasteiger partial charge in [-0.2, -0.15) is 0 Å². The fourth-order valence-corrected chi connectivity index (χ4v) is 1.70. The molecule has 0 spiro atoms. The van der Waals surface area contributed by atoms with Crippen LogP contribution < -0.4 is 5.32 Å². The summed E-state index contributed by atoms with van der Waals surface area (Å²) in [5.41, 5.74) is 3.70. The van der Waals surface area contributed by atoms with Crippen molar-refractivity contribution in [1.82, 2.24) is 0 Å². The molecule has 1 aromatic carbocycles. The molecular weight excluding hydrogens is 150 g/mol. The second-order valence-electron chi connectivity index (χ2n) is 3.35. The summed E-state index contributed by atoms with van der Waals surface area (Å²) in [5.74, 6) is 0. The van der Waals surface area contributed by atoms with Gasteiger partial charge >= 0.3 is 0 Å². The van der Waals surface area contributed by atoms with Crippen LogP contribution in [0.3, 0.4) is 0 Å². The highest BCUT2D eigenvalue weighted by atomic mass is 16.3. The van der Waals surface area contributed by atoms with Gasteiger partial charge in [-0.15, -0.1) is 0 Å². The highest BCUT2D eigenvalue weighted by Crippen LogP contribution is 2.24. The van der Waals surface area contributed by atoms with Gasteiger partial charge in [-0.1, -0.05) is 18.2 Å². The summed E-state index contributed by atoms with van der Waals surface area (Å²) in [5, 5.41) is 12.6. The monoisotopic (exact) mass is 163 g/mol. The van der Waals surface area contributed by atoms with Crippen LogP contribution in [0, 0.1) is 6.92 Å². The molecule has 2 heteroatoms. The van der Waals surface area contributed by atoms with Crippen LogP contribution in [-0.4, -0.2) is 17.8 Å². The number of hydrogen-bond acceptors (Lipinski definition) is 2. The van der Waals surface area contributed by atoms with E-state index in [0.29, 0.717) is 6.54 Å². The predicted molar refractivity (Wildman–Crippen MR) is 49.4 cm³/mol. The fourth-order valence-electron chi connectivity index (χ4n) is 1.70. The summed E-state index contributed by atoms with van der Waals surface area (Å²) >= 11 is 0. The zero-order valence-electron chi connectivity index (χ0n) is 7.17. The number of hydrogen-bond donors (Lipinski definition) is 2. The molecule has 12 heavy (non-hydrogen) atoms. The van der Waals surface area contributed by atoms with Gasteiger partial charge in [0.05, 0.1) is 6.10 Å². The molecule has 0 fully saturated rings. The topological polar surface area (TPSA) is 32.3 Å². The molecule has 2 rings (SSSR count). The third-order valence-electron chi connectivity index (χ3n) is 2.33. The quantitative estimate of drug-likeness (QED) is 0.604. The number of aliphatic hydroxyl groups excluding tert-OH is 1. The minimum absolute atomic E-state index is 0.223. The van der Waals surface area contributed by atoms with Crippen LogP contribution in [0.4, 0.5) is 5.69 Å². The number of fused-ring (bicyclic) bond motifs is 1. The van der Waals surface area contributed by atoms with Gasteiger partial charge in [0, 0.05) is 18.7 Å². The van der Waals surface area contributed by atoms with Gasteiger partial charge in [0.15, 0.2) is 0 Å². The number of nitrogens with one attached hydrogen (secondary N) is 1. The Kier molecular flexibility index (Phi) is 1.77. The Morgan fingerprint density at radius 1 is 1.50 bits per heavy atom. The van der Waals surface area contributed by atoms with E-state index in [2.05, 4.69) is 24.4 Å². The molecule has 0 aliphatic carbocycles. The first-order valence-electron chi connectivity index (χ1n) is 4.28. The maximum Gasteiger partial charge on any atom is 0.0753 e. The van der Waals surface area contributed by atoms with E-state index >= 15 is 0 Å². The third-order valence-corrected chi connectivity index (χ3v) is 2.33. The van der Waals surface area contributed by atoms with Crippen LogP contribution in [0.1, 0.15) is 11.1 Å². The van der Waals surface area contributed by atoms with E-state index in [1.54, 1.807) is 0 Å². The number of aryl methyl sites for hydroxylation is 1. The Morgan fingerprint density at radius 3 is 3.17 bits per heavy atom. The first kappa shape index (κ1) is 7.62. The molecule has 0 amide bonds. The van der Waals surface area contributed by atoms with E-state index in [9.17, 15) is 5.11 Å². The molecule has 1 atom stereocenters. The summed E-state index contributed by atoms with van der Waals surface area (Å²) in [6.07, 6.45) is 0.559. The molecule has 1 aromatic rings. The highest BCUT2D eigenvalue weighted by molar-refractivity contribution is 5.59. The van der Waals surface area contributed by atoms with E-state index < -0.39 is 0 Å². The molecule has 2 nitrogen and oxygen atoms in total. The SMILES string of the molecule is Cc1cccc2c1NCC(O)C2. The Balaban J connectivity index is 2.42. The molecule has 64 valence electrons. The van der Waals surface area contributed by atoms with Crippen molar-refractivity contribution in [1.29, 1.82) is 0 Å². The van der Waals surface area contributed by atoms with Gasteiger partial charge in [0.25, 0.3) is 0 Å². The van der Waals surface area contributed by atoms with E-state index in [0.717, 1.165) is 6.42 Å². The zero-order chi connectivity index (χ0) is 8.55. The molecule has 1 aliphatic heterocycles. The largest absolute Gasteiger partial charge is 0.391 e. The summed E-state index contributed by atoms with van der Waals surface area (Å²) in [6.45, 7) is 2.77. The lowest BCUT2D eigenvalue weighted by Gasteiger charge is -2.23. The molecule has 1 unspecified atom stereocenters. The molecule has 0 radical (unpaired) electrons. The van der Waals surface area contributed by atoms with E-state index in [4.69, 9.17) is 0 Å². The molecule has 0 bridgehead atoms. The lowest BCUT2D eigenvalue weighted by atomic mass is 9.99. The summed E-state index contributed by atoms with van der Waals surface area (Å²) in [4.78, 5) is 0. The van der Waals surface area contributed by atoms with E-state index in [-0.39, 0.29) is 6.10 Å². The van der Waals surface area contributed by atoms with Gasteiger partial charge in [-0.3, -0.25) is 0 Å². The number of benzene rings is 1. The smallest absolute Gasteiger partial charge is 0.0753 e. The number of rotatable bonds is 0. The van der Waals surface area contributed by atoms with Crippen molar-refractivity contribution in [2.75, 3.05) is 11.9 Å². The molecule has 2 N–H and O–H groups in total. The average Bonchev–Trinajstić information content (AvgIpc) is 2.04. The molecule has 0 aromatic heterocycles. The van der Waals surface area contributed by atoms with Crippen LogP contribution >= 0.6 is 0 Å². The first-order chi connectivity index (χ1) is 5.77. The van der Waals surface area contributed by atoms with Crippen molar-refractivity contribution in [2.24, 2.45) is 0 Å². The fraction of sp³-hybridized carbons (Fsp3) is 0.400. The standard InChI is InChI=1S/C10H13NO/c1-7-3-2-4-8-5-9(12)6-11-10(7)8/h2-4,9,11-12H,5-6H2,1H3. The lowest BCUT2D eigenvalue weighted by Crippen LogP contribution is -2.27. The maximum atomic E-state index is 9.38. The summed E-state index contributed by atoms with van der Waals surface area (Å²) in [6, 6.07) is 6.19. The minimum atomic E-state index is -0.223. The van der Waals surface area contributed by atoms with Gasteiger partial charge in [0.2, 0.25) is 0 Å². The Morgan fingerprint density at radius 2 is 2.33 bits per heavy atom. The summed E-state index contributed by atoms with van der Waals surface area (Å²) in [7, 11) is 0. The zero-order valence-corrected chi connectivity index (χ0v) is 7.17. The third kappa shape index (κ3) is 1.18. The van der Waals surface area contributed by atoms with Gasteiger partial charge in [-0.25, -0.2) is 0 Å². The van der Waals surface area contributed by atoms with Crippen LogP contribution in [0.15, 0.2) is 18.2 Å². The number of anilines is 1. The van der Waals surface area contributed by atoms with Crippen LogP contribution in [0.25, 0.3) is 0 Å². The van der Waals surface area contributed by atoms with Crippen molar-refractivity contribution < 1.29 is 5.11 Å². The number of aliphatic hydroxyl groups is 1. The van der Waals surface area contributed by atoms with Gasteiger partial charge in [0.1, 0.15) is 0 Å².